The number of carbonyl (C=O) groups is 2. The topological polar surface area (TPSA) is 43.9 Å². The van der Waals surface area contributed by atoms with Crippen LogP contribution in [0, 0.1) is 0 Å². The van der Waals surface area contributed by atoms with Gasteiger partial charge < -0.3 is 14.7 Å². The van der Waals surface area contributed by atoms with Crippen molar-refractivity contribution in [3.8, 4) is 0 Å². The lowest BCUT2D eigenvalue weighted by molar-refractivity contribution is -0.137. The van der Waals surface area contributed by atoms with Gasteiger partial charge in [0, 0.05) is 44.0 Å². The summed E-state index contributed by atoms with van der Waals surface area (Å²) in [5.74, 6) is -0.214. The number of rotatable bonds is 3. The lowest BCUT2D eigenvalue weighted by Gasteiger charge is -2.37. The van der Waals surface area contributed by atoms with E-state index < -0.39 is 11.7 Å². The van der Waals surface area contributed by atoms with E-state index in [1.54, 1.807) is 15.9 Å². The summed E-state index contributed by atoms with van der Waals surface area (Å²) in [5.41, 5.74) is 1.65. The van der Waals surface area contributed by atoms with Crippen LogP contribution in [0.4, 0.5) is 24.5 Å². The van der Waals surface area contributed by atoms with Crippen LogP contribution in [0.25, 0.3) is 0 Å². The molecule has 2 aromatic carbocycles. The number of piperazine rings is 1. The Morgan fingerprint density at radius 2 is 1.67 bits per heavy atom. The SMILES string of the molecule is O=C(CN1C(=O)CCc2ccccc21)N1CCN(c2cccc(C(F)(F)F)c2)CC1. The van der Waals surface area contributed by atoms with Crippen molar-refractivity contribution >= 4 is 23.2 Å². The summed E-state index contributed by atoms with van der Waals surface area (Å²) in [7, 11) is 0. The van der Waals surface area contributed by atoms with Gasteiger partial charge in [0.05, 0.1) is 5.56 Å². The van der Waals surface area contributed by atoms with Crippen molar-refractivity contribution in [2.75, 3.05) is 42.5 Å². The summed E-state index contributed by atoms with van der Waals surface area (Å²) in [5, 5.41) is 0. The fraction of sp³-hybridized carbons (Fsp3) is 0.364. The van der Waals surface area contributed by atoms with E-state index in [0.29, 0.717) is 44.7 Å². The lowest BCUT2D eigenvalue weighted by Crippen LogP contribution is -2.52. The summed E-state index contributed by atoms with van der Waals surface area (Å²) < 4.78 is 38.9. The van der Waals surface area contributed by atoms with E-state index in [1.807, 2.05) is 29.2 Å². The molecule has 5 nitrogen and oxygen atoms in total. The van der Waals surface area contributed by atoms with Gasteiger partial charge in [0.25, 0.3) is 0 Å². The Kier molecular flexibility index (Phi) is 5.40. The van der Waals surface area contributed by atoms with E-state index in [9.17, 15) is 22.8 Å². The van der Waals surface area contributed by atoms with Crippen LogP contribution >= 0.6 is 0 Å². The highest BCUT2D eigenvalue weighted by atomic mass is 19.4. The number of alkyl halides is 3. The molecule has 0 radical (unpaired) electrons. The molecule has 2 aliphatic rings. The molecule has 2 heterocycles. The van der Waals surface area contributed by atoms with Crippen LogP contribution in [0.1, 0.15) is 17.5 Å². The second-order valence-electron chi connectivity index (χ2n) is 7.52. The lowest BCUT2D eigenvalue weighted by atomic mass is 10.0. The van der Waals surface area contributed by atoms with Gasteiger partial charge in [0.1, 0.15) is 6.54 Å². The van der Waals surface area contributed by atoms with Crippen molar-refractivity contribution in [3.63, 3.8) is 0 Å². The van der Waals surface area contributed by atoms with Gasteiger partial charge in [-0.3, -0.25) is 9.59 Å². The number of carbonyl (C=O) groups excluding carboxylic acids is 2. The second kappa shape index (κ2) is 8.01. The zero-order chi connectivity index (χ0) is 21.3. The van der Waals surface area contributed by atoms with Crippen molar-refractivity contribution in [1.29, 1.82) is 0 Å². The number of hydrogen-bond acceptors (Lipinski definition) is 3. The summed E-state index contributed by atoms with van der Waals surface area (Å²) in [6.45, 7) is 1.67. The normalized spacial score (nSPS) is 17.2. The fourth-order valence-electron chi connectivity index (χ4n) is 4.00. The Morgan fingerprint density at radius 3 is 2.40 bits per heavy atom. The van der Waals surface area contributed by atoms with Gasteiger partial charge in [-0.1, -0.05) is 24.3 Å². The van der Waals surface area contributed by atoms with Gasteiger partial charge in [-0.05, 0) is 36.2 Å². The predicted octanol–water partition coefficient (Wildman–Crippen LogP) is 3.33. The number of halogens is 3. The number of hydrogen-bond donors (Lipinski definition) is 0. The van der Waals surface area contributed by atoms with Gasteiger partial charge in [-0.25, -0.2) is 0 Å². The Morgan fingerprint density at radius 1 is 0.933 bits per heavy atom. The number of anilines is 2. The minimum Gasteiger partial charge on any atom is -0.368 e. The number of para-hydroxylation sites is 1. The van der Waals surface area contributed by atoms with Crippen molar-refractivity contribution in [2.45, 2.75) is 19.0 Å². The standard InChI is InChI=1S/C22H22F3N3O2/c23-22(24,25)17-5-3-6-18(14-17)26-10-12-27(13-11-26)21(30)15-28-19-7-2-1-4-16(19)8-9-20(28)29/h1-7,14H,8-13,15H2. The zero-order valence-electron chi connectivity index (χ0n) is 16.4. The van der Waals surface area contributed by atoms with Crippen molar-refractivity contribution in [1.82, 2.24) is 4.90 Å². The minimum absolute atomic E-state index is 0.0145. The molecular weight excluding hydrogens is 395 g/mol. The first kappa shape index (κ1) is 20.3. The molecule has 2 amide bonds. The first-order chi connectivity index (χ1) is 14.3. The first-order valence-electron chi connectivity index (χ1n) is 9.91. The Hall–Kier alpha value is -3.03. The van der Waals surface area contributed by atoms with Crippen LogP contribution in [0.2, 0.25) is 0 Å². The van der Waals surface area contributed by atoms with Crippen LogP contribution in [0.5, 0.6) is 0 Å². The van der Waals surface area contributed by atoms with Crippen LogP contribution in [-0.4, -0.2) is 49.4 Å². The average molecular weight is 417 g/mol. The molecule has 2 aromatic rings. The molecule has 0 unspecified atom stereocenters. The highest BCUT2D eigenvalue weighted by Gasteiger charge is 2.32. The number of aryl methyl sites for hydroxylation is 1. The third-order valence-corrected chi connectivity index (χ3v) is 5.66. The van der Waals surface area contributed by atoms with E-state index >= 15 is 0 Å². The second-order valence-corrected chi connectivity index (χ2v) is 7.52. The van der Waals surface area contributed by atoms with Crippen LogP contribution in [0.15, 0.2) is 48.5 Å². The van der Waals surface area contributed by atoms with Crippen LogP contribution < -0.4 is 9.80 Å². The van der Waals surface area contributed by atoms with Gasteiger partial charge in [-0.15, -0.1) is 0 Å². The molecule has 0 N–H and O–H groups in total. The number of benzene rings is 2. The molecule has 0 atom stereocenters. The molecule has 0 saturated carbocycles. The molecule has 1 saturated heterocycles. The molecular formula is C22H22F3N3O2. The maximum Gasteiger partial charge on any atom is 0.416 e. The van der Waals surface area contributed by atoms with E-state index in [4.69, 9.17) is 0 Å². The van der Waals surface area contributed by atoms with Gasteiger partial charge in [0.2, 0.25) is 11.8 Å². The largest absolute Gasteiger partial charge is 0.416 e. The van der Waals surface area contributed by atoms with Gasteiger partial charge in [-0.2, -0.15) is 13.2 Å². The quantitative estimate of drug-likeness (QED) is 0.770. The maximum atomic E-state index is 13.0. The number of nitrogens with zero attached hydrogens (tertiary/aromatic N) is 3. The van der Waals surface area contributed by atoms with Crippen molar-refractivity contribution in [2.24, 2.45) is 0 Å². The molecule has 30 heavy (non-hydrogen) atoms. The Bertz CT molecular complexity index is 953. The van der Waals surface area contributed by atoms with Gasteiger partial charge in [0.15, 0.2) is 0 Å². The highest BCUT2D eigenvalue weighted by molar-refractivity contribution is 6.01. The van der Waals surface area contributed by atoms with Crippen LogP contribution in [-0.2, 0) is 22.2 Å². The average Bonchev–Trinajstić information content (AvgIpc) is 2.75. The fourth-order valence-corrected chi connectivity index (χ4v) is 4.00. The van der Waals surface area contributed by atoms with E-state index in [1.165, 1.54) is 6.07 Å². The van der Waals surface area contributed by atoms with E-state index in [0.717, 1.165) is 23.4 Å². The maximum absolute atomic E-state index is 13.0. The molecule has 0 aliphatic carbocycles. The molecule has 0 spiro atoms. The van der Waals surface area contributed by atoms with Crippen molar-refractivity contribution < 1.29 is 22.8 Å². The smallest absolute Gasteiger partial charge is 0.368 e. The molecule has 158 valence electrons. The van der Waals surface area contributed by atoms with Crippen molar-refractivity contribution in [3.05, 3.63) is 59.7 Å². The third kappa shape index (κ3) is 4.13. The highest BCUT2D eigenvalue weighted by Crippen LogP contribution is 2.32. The molecule has 0 bridgehead atoms. The summed E-state index contributed by atoms with van der Waals surface area (Å²) in [6.07, 6.45) is -3.33. The molecule has 2 aliphatic heterocycles. The summed E-state index contributed by atoms with van der Waals surface area (Å²) >= 11 is 0. The summed E-state index contributed by atoms with van der Waals surface area (Å²) in [6, 6.07) is 12.8. The molecule has 0 aromatic heterocycles. The molecule has 8 heteroatoms. The summed E-state index contributed by atoms with van der Waals surface area (Å²) in [4.78, 5) is 30.3. The van der Waals surface area contributed by atoms with Crippen LogP contribution in [0.3, 0.4) is 0 Å². The van der Waals surface area contributed by atoms with Gasteiger partial charge >= 0.3 is 6.18 Å². The zero-order valence-corrected chi connectivity index (χ0v) is 16.4. The van der Waals surface area contributed by atoms with E-state index in [2.05, 4.69) is 0 Å². The predicted molar refractivity (Wildman–Crippen MR) is 107 cm³/mol. The Balaban J connectivity index is 1.39. The third-order valence-electron chi connectivity index (χ3n) is 5.66. The number of amides is 2. The molecule has 4 rings (SSSR count). The monoisotopic (exact) mass is 417 g/mol. The number of fused-ring (bicyclic) bond motifs is 1. The van der Waals surface area contributed by atoms with E-state index in [-0.39, 0.29) is 18.4 Å². The molecule has 1 fully saturated rings. The minimum atomic E-state index is -4.38. The Labute approximate surface area is 172 Å². The first-order valence-corrected chi connectivity index (χ1v) is 9.91.